The lowest BCUT2D eigenvalue weighted by atomic mass is 10.1. The molecule has 1 aromatic carbocycles. The molecular formula is C10H9ClN2O. The van der Waals surface area contributed by atoms with E-state index in [2.05, 4.69) is 5.16 Å². The minimum Gasteiger partial charge on any atom is -0.399 e. The summed E-state index contributed by atoms with van der Waals surface area (Å²) in [5.41, 5.74) is 7.84. The maximum absolute atomic E-state index is 6.00. The van der Waals surface area contributed by atoms with E-state index >= 15 is 0 Å². The van der Waals surface area contributed by atoms with Gasteiger partial charge in [0.15, 0.2) is 5.76 Å². The third-order valence-electron chi connectivity index (χ3n) is 1.97. The zero-order chi connectivity index (χ0) is 10.1. The van der Waals surface area contributed by atoms with Gasteiger partial charge in [0.1, 0.15) is 10.7 Å². The number of rotatable bonds is 1. The minimum absolute atomic E-state index is 0.551. The van der Waals surface area contributed by atoms with Crippen LogP contribution in [-0.4, -0.2) is 5.16 Å². The van der Waals surface area contributed by atoms with Gasteiger partial charge in [-0.15, -0.1) is 0 Å². The molecule has 0 aliphatic rings. The summed E-state index contributed by atoms with van der Waals surface area (Å²) < 4.78 is 4.97. The first kappa shape index (κ1) is 9.09. The molecule has 0 spiro atoms. The van der Waals surface area contributed by atoms with Gasteiger partial charge in [0.25, 0.3) is 0 Å². The summed E-state index contributed by atoms with van der Waals surface area (Å²) in [4.78, 5) is 0. The van der Waals surface area contributed by atoms with Crippen molar-refractivity contribution in [2.45, 2.75) is 6.92 Å². The van der Waals surface area contributed by atoms with E-state index < -0.39 is 0 Å². The summed E-state index contributed by atoms with van der Waals surface area (Å²) >= 11 is 6.00. The van der Waals surface area contributed by atoms with Gasteiger partial charge in [-0.25, -0.2) is 0 Å². The highest BCUT2D eigenvalue weighted by Crippen LogP contribution is 2.29. The number of nitrogens with zero attached hydrogens (tertiary/aromatic N) is 1. The fourth-order valence-electron chi connectivity index (χ4n) is 1.18. The van der Waals surface area contributed by atoms with Gasteiger partial charge in [0.05, 0.1) is 0 Å². The molecule has 2 rings (SSSR count). The highest BCUT2D eigenvalue weighted by molar-refractivity contribution is 6.33. The third kappa shape index (κ3) is 1.46. The second-order valence-corrected chi connectivity index (χ2v) is 3.40. The topological polar surface area (TPSA) is 52.0 Å². The second-order valence-electron chi connectivity index (χ2n) is 3.02. The Morgan fingerprint density at radius 1 is 1.29 bits per heavy atom. The quantitative estimate of drug-likeness (QED) is 0.734. The van der Waals surface area contributed by atoms with Gasteiger partial charge in [-0.05, 0) is 19.1 Å². The molecule has 0 saturated carbocycles. The normalized spacial score (nSPS) is 10.4. The zero-order valence-electron chi connectivity index (χ0n) is 7.62. The molecule has 0 aliphatic carbocycles. The number of nitrogens with two attached hydrogens (primary N) is 1. The van der Waals surface area contributed by atoms with E-state index in [0.717, 1.165) is 5.56 Å². The van der Waals surface area contributed by atoms with Crippen LogP contribution in [0.25, 0.3) is 11.3 Å². The number of benzene rings is 1. The van der Waals surface area contributed by atoms with E-state index in [0.29, 0.717) is 22.2 Å². The molecular weight excluding hydrogens is 200 g/mol. The maximum Gasteiger partial charge on any atom is 0.152 e. The van der Waals surface area contributed by atoms with Crippen LogP contribution in [0.2, 0.25) is 5.02 Å². The predicted molar refractivity (Wildman–Crippen MR) is 56.1 cm³/mol. The van der Waals surface area contributed by atoms with E-state index in [4.69, 9.17) is 21.9 Å². The van der Waals surface area contributed by atoms with E-state index in [9.17, 15) is 0 Å². The molecule has 14 heavy (non-hydrogen) atoms. The molecule has 3 nitrogen and oxygen atoms in total. The molecule has 72 valence electrons. The van der Waals surface area contributed by atoms with Crippen LogP contribution in [0.3, 0.4) is 0 Å². The number of aryl methyl sites for hydroxylation is 1. The summed E-state index contributed by atoms with van der Waals surface area (Å²) in [6.45, 7) is 1.77. The maximum atomic E-state index is 6.00. The van der Waals surface area contributed by atoms with Crippen LogP contribution < -0.4 is 5.73 Å². The molecule has 0 atom stereocenters. The fraction of sp³-hybridized carbons (Fsp3) is 0.100. The molecule has 2 aromatic rings. The van der Waals surface area contributed by atoms with Gasteiger partial charge in [-0.1, -0.05) is 28.9 Å². The van der Waals surface area contributed by atoms with Crippen molar-refractivity contribution in [2.24, 2.45) is 0 Å². The van der Waals surface area contributed by atoms with E-state index in [1.807, 2.05) is 12.1 Å². The Balaban J connectivity index is 2.49. The Morgan fingerprint density at radius 2 is 1.93 bits per heavy atom. The summed E-state index contributed by atoms with van der Waals surface area (Å²) in [7, 11) is 0. The van der Waals surface area contributed by atoms with Gasteiger partial charge in [0, 0.05) is 11.3 Å². The van der Waals surface area contributed by atoms with Crippen molar-refractivity contribution in [1.29, 1.82) is 0 Å². The molecule has 1 heterocycles. The fourth-order valence-corrected chi connectivity index (χ4v) is 1.36. The molecule has 0 radical (unpaired) electrons. The summed E-state index contributed by atoms with van der Waals surface area (Å²) in [5.74, 6) is 0.624. The van der Waals surface area contributed by atoms with Gasteiger partial charge in [-0.3, -0.25) is 0 Å². The summed E-state index contributed by atoms with van der Waals surface area (Å²) in [5, 5.41) is 4.42. The van der Waals surface area contributed by atoms with Crippen molar-refractivity contribution in [3.05, 3.63) is 35.0 Å². The van der Waals surface area contributed by atoms with Crippen LogP contribution in [0.1, 0.15) is 5.76 Å². The average molecular weight is 209 g/mol. The first-order valence-electron chi connectivity index (χ1n) is 4.16. The van der Waals surface area contributed by atoms with E-state index in [-0.39, 0.29) is 0 Å². The van der Waals surface area contributed by atoms with Crippen molar-refractivity contribution < 1.29 is 4.52 Å². The van der Waals surface area contributed by atoms with Gasteiger partial charge < -0.3 is 10.3 Å². The molecule has 4 heteroatoms. The Hall–Kier alpha value is -1.48. The molecule has 0 fully saturated rings. The Labute approximate surface area is 86.5 Å². The van der Waals surface area contributed by atoms with Crippen molar-refractivity contribution in [2.75, 3.05) is 5.73 Å². The van der Waals surface area contributed by atoms with Crippen LogP contribution in [0.15, 0.2) is 28.8 Å². The predicted octanol–water partition coefficient (Wildman–Crippen LogP) is 2.89. The minimum atomic E-state index is 0.551. The number of hydrogen-bond acceptors (Lipinski definition) is 3. The molecule has 1 aromatic heterocycles. The molecule has 0 amide bonds. The highest BCUT2D eigenvalue weighted by atomic mass is 35.5. The van der Waals surface area contributed by atoms with Crippen LogP contribution in [0.5, 0.6) is 0 Å². The van der Waals surface area contributed by atoms with E-state index in [1.54, 1.807) is 19.1 Å². The molecule has 0 aliphatic heterocycles. The lowest BCUT2D eigenvalue weighted by Crippen LogP contribution is -1.84. The first-order valence-corrected chi connectivity index (χ1v) is 4.54. The summed E-state index contributed by atoms with van der Waals surface area (Å²) in [6, 6.07) is 7.32. The molecule has 0 bridgehead atoms. The van der Waals surface area contributed by atoms with Crippen molar-refractivity contribution >= 4 is 17.3 Å². The lowest BCUT2D eigenvalue weighted by molar-refractivity contribution is 0.400. The van der Waals surface area contributed by atoms with Crippen molar-refractivity contribution in [3.63, 3.8) is 0 Å². The number of anilines is 1. The van der Waals surface area contributed by atoms with E-state index in [1.165, 1.54) is 0 Å². The SMILES string of the molecule is Cc1onc(-c2ccc(N)cc2)c1Cl. The number of aromatic nitrogens is 1. The average Bonchev–Trinajstić information content (AvgIpc) is 2.50. The Kier molecular flexibility index (Phi) is 2.17. The van der Waals surface area contributed by atoms with Gasteiger partial charge in [-0.2, -0.15) is 0 Å². The monoisotopic (exact) mass is 208 g/mol. The third-order valence-corrected chi connectivity index (χ3v) is 2.42. The highest BCUT2D eigenvalue weighted by Gasteiger charge is 2.11. The number of nitrogen functional groups attached to an aromatic ring is 1. The number of hydrogen-bond donors (Lipinski definition) is 1. The Bertz CT molecular complexity index is 448. The van der Waals surface area contributed by atoms with Crippen LogP contribution >= 0.6 is 11.6 Å². The zero-order valence-corrected chi connectivity index (χ0v) is 8.38. The van der Waals surface area contributed by atoms with Crippen LogP contribution in [0, 0.1) is 6.92 Å². The standard InChI is InChI=1S/C10H9ClN2O/c1-6-9(11)10(13-14-6)7-2-4-8(12)5-3-7/h2-5H,12H2,1H3. The van der Waals surface area contributed by atoms with Crippen LogP contribution in [-0.2, 0) is 0 Å². The van der Waals surface area contributed by atoms with Gasteiger partial charge in [0.2, 0.25) is 0 Å². The van der Waals surface area contributed by atoms with Crippen molar-refractivity contribution in [1.82, 2.24) is 5.16 Å². The second kappa shape index (κ2) is 3.35. The largest absolute Gasteiger partial charge is 0.399 e. The molecule has 2 N–H and O–H groups in total. The van der Waals surface area contributed by atoms with Crippen molar-refractivity contribution in [3.8, 4) is 11.3 Å². The summed E-state index contributed by atoms with van der Waals surface area (Å²) in [6.07, 6.45) is 0. The molecule has 0 unspecified atom stereocenters. The molecule has 0 saturated heterocycles. The number of halogens is 1. The Morgan fingerprint density at radius 3 is 2.43 bits per heavy atom. The smallest absolute Gasteiger partial charge is 0.152 e. The van der Waals surface area contributed by atoms with Crippen LogP contribution in [0.4, 0.5) is 5.69 Å². The lowest BCUT2D eigenvalue weighted by Gasteiger charge is -1.96. The van der Waals surface area contributed by atoms with Gasteiger partial charge >= 0.3 is 0 Å². The first-order chi connectivity index (χ1) is 6.68.